The Labute approximate surface area is 126 Å². The van der Waals surface area contributed by atoms with Crippen LogP contribution in [0.5, 0.6) is 5.75 Å². The molecule has 2 aromatic carbocycles. The fourth-order valence-electron chi connectivity index (χ4n) is 2.80. The molecule has 102 valence electrons. The van der Waals surface area contributed by atoms with E-state index in [1.54, 1.807) is 7.11 Å². The van der Waals surface area contributed by atoms with Crippen LogP contribution in [0.2, 0.25) is 0 Å². The first-order valence-electron chi connectivity index (χ1n) is 6.62. The van der Waals surface area contributed by atoms with Gasteiger partial charge in [0.15, 0.2) is 5.78 Å². The molecule has 2 nitrogen and oxygen atoms in total. The summed E-state index contributed by atoms with van der Waals surface area (Å²) in [5.74, 6) is 1.04. The molecule has 0 amide bonds. The molecule has 0 fully saturated rings. The van der Waals surface area contributed by atoms with Gasteiger partial charge in [0.05, 0.1) is 11.6 Å². The van der Waals surface area contributed by atoms with Crippen LogP contribution in [0.3, 0.4) is 0 Å². The molecular weight excluding hydrogens is 316 g/mol. The number of ketones is 1. The van der Waals surface area contributed by atoms with Crippen LogP contribution >= 0.6 is 15.9 Å². The molecule has 2 aromatic rings. The van der Waals surface area contributed by atoms with Crippen molar-refractivity contribution in [2.24, 2.45) is 5.92 Å². The molecule has 1 unspecified atom stereocenters. The first kappa shape index (κ1) is 13.4. The Morgan fingerprint density at radius 2 is 1.95 bits per heavy atom. The average Bonchev–Trinajstić information content (AvgIpc) is 2.78. The second kappa shape index (κ2) is 5.06. The van der Waals surface area contributed by atoms with Crippen LogP contribution in [-0.2, 0) is 6.42 Å². The molecule has 0 N–H and O–H groups in total. The maximum Gasteiger partial charge on any atom is 0.166 e. The van der Waals surface area contributed by atoms with Gasteiger partial charge in [-0.05, 0) is 45.1 Å². The largest absolute Gasteiger partial charge is 0.496 e. The van der Waals surface area contributed by atoms with E-state index in [1.807, 2.05) is 43.3 Å². The van der Waals surface area contributed by atoms with Gasteiger partial charge in [0.2, 0.25) is 0 Å². The molecule has 3 rings (SSSR count). The highest BCUT2D eigenvalue weighted by Gasteiger charge is 2.33. The van der Waals surface area contributed by atoms with E-state index in [1.165, 1.54) is 0 Å². The first-order chi connectivity index (χ1) is 9.63. The van der Waals surface area contributed by atoms with E-state index in [0.717, 1.165) is 38.9 Å². The molecule has 20 heavy (non-hydrogen) atoms. The molecule has 0 saturated carbocycles. The fourth-order valence-corrected chi connectivity index (χ4v) is 3.44. The Morgan fingerprint density at radius 3 is 2.60 bits per heavy atom. The quantitative estimate of drug-likeness (QED) is 0.810. The number of halogens is 1. The lowest BCUT2D eigenvalue weighted by Crippen LogP contribution is -2.04. The molecule has 0 aliphatic heterocycles. The number of carbonyl (C=O) groups excluding carboxylic acids is 1. The van der Waals surface area contributed by atoms with Gasteiger partial charge in [0, 0.05) is 11.5 Å². The van der Waals surface area contributed by atoms with Gasteiger partial charge >= 0.3 is 0 Å². The predicted molar refractivity (Wildman–Crippen MR) is 83.3 cm³/mol. The van der Waals surface area contributed by atoms with Crippen molar-refractivity contribution in [2.45, 2.75) is 13.3 Å². The molecule has 0 aromatic heterocycles. The minimum Gasteiger partial charge on any atom is -0.496 e. The monoisotopic (exact) mass is 330 g/mol. The van der Waals surface area contributed by atoms with Crippen molar-refractivity contribution in [3.05, 3.63) is 52.0 Å². The van der Waals surface area contributed by atoms with Crippen LogP contribution in [0, 0.1) is 5.92 Å². The number of rotatable bonds is 2. The summed E-state index contributed by atoms with van der Waals surface area (Å²) >= 11 is 3.58. The number of hydrogen-bond acceptors (Lipinski definition) is 2. The lowest BCUT2D eigenvalue weighted by molar-refractivity contribution is 0.0947. The third-order valence-electron chi connectivity index (χ3n) is 3.84. The number of Topliss-reactive ketones (excluding diaryl/α,β-unsaturated/α-hetero) is 1. The lowest BCUT2D eigenvalue weighted by atomic mass is 9.95. The molecule has 3 heteroatoms. The third-order valence-corrected chi connectivity index (χ3v) is 4.71. The fraction of sp³-hybridized carbons (Fsp3) is 0.235. The van der Waals surface area contributed by atoms with Crippen molar-refractivity contribution in [3.8, 4) is 16.9 Å². The van der Waals surface area contributed by atoms with Crippen LogP contribution in [0.25, 0.3) is 11.1 Å². The number of hydrogen-bond donors (Lipinski definition) is 0. The number of ether oxygens (including phenoxy) is 1. The van der Waals surface area contributed by atoms with Crippen LogP contribution in [-0.4, -0.2) is 12.9 Å². The summed E-state index contributed by atoms with van der Waals surface area (Å²) in [6, 6.07) is 12.0. The Kier molecular flexibility index (Phi) is 3.38. The van der Waals surface area contributed by atoms with E-state index in [0.29, 0.717) is 0 Å². The predicted octanol–water partition coefficient (Wildman–Crippen LogP) is 4.50. The van der Waals surface area contributed by atoms with E-state index >= 15 is 0 Å². The smallest absolute Gasteiger partial charge is 0.166 e. The zero-order chi connectivity index (χ0) is 14.3. The number of methoxy groups -OCH3 is 1. The zero-order valence-electron chi connectivity index (χ0n) is 11.4. The minimum atomic E-state index is 0.0378. The number of carbonyl (C=O) groups is 1. The molecule has 0 spiro atoms. The first-order valence-corrected chi connectivity index (χ1v) is 7.41. The average molecular weight is 331 g/mol. The van der Waals surface area contributed by atoms with Gasteiger partial charge in [-0.15, -0.1) is 0 Å². The summed E-state index contributed by atoms with van der Waals surface area (Å²) in [6.45, 7) is 1.98. The summed E-state index contributed by atoms with van der Waals surface area (Å²) in [5.41, 5.74) is 3.93. The summed E-state index contributed by atoms with van der Waals surface area (Å²) in [6.07, 6.45) is 0.770. The highest BCUT2D eigenvalue weighted by molar-refractivity contribution is 9.10. The SMILES string of the molecule is COc1cc(-c2ccccc2)c2c(c1Br)CC(C)C2=O. The van der Waals surface area contributed by atoms with E-state index in [9.17, 15) is 4.79 Å². The van der Waals surface area contributed by atoms with Gasteiger partial charge in [-0.1, -0.05) is 37.3 Å². The van der Waals surface area contributed by atoms with Gasteiger partial charge < -0.3 is 4.74 Å². The highest BCUT2D eigenvalue weighted by Crippen LogP contribution is 2.43. The Bertz CT molecular complexity index is 677. The summed E-state index contributed by atoms with van der Waals surface area (Å²) < 4.78 is 6.35. The topological polar surface area (TPSA) is 26.3 Å². The van der Waals surface area contributed by atoms with Crippen molar-refractivity contribution in [1.82, 2.24) is 0 Å². The van der Waals surface area contributed by atoms with Crippen molar-refractivity contribution in [1.29, 1.82) is 0 Å². The van der Waals surface area contributed by atoms with E-state index in [2.05, 4.69) is 15.9 Å². The van der Waals surface area contributed by atoms with Crippen molar-refractivity contribution in [3.63, 3.8) is 0 Å². The van der Waals surface area contributed by atoms with E-state index in [4.69, 9.17) is 4.74 Å². The second-order valence-corrected chi connectivity index (χ2v) is 5.92. The Balaban J connectivity index is 2.31. The van der Waals surface area contributed by atoms with Gasteiger partial charge in [0.25, 0.3) is 0 Å². The second-order valence-electron chi connectivity index (χ2n) is 5.13. The maximum atomic E-state index is 12.5. The summed E-state index contributed by atoms with van der Waals surface area (Å²) in [5, 5.41) is 0. The van der Waals surface area contributed by atoms with Crippen molar-refractivity contribution >= 4 is 21.7 Å². The standard InChI is InChI=1S/C17H15BrO2/c1-10-8-13-15(17(10)19)12(9-14(20-2)16(13)18)11-6-4-3-5-7-11/h3-7,9-10H,8H2,1-2H3. The third kappa shape index (κ3) is 1.97. The van der Waals surface area contributed by atoms with E-state index in [-0.39, 0.29) is 11.7 Å². The van der Waals surface area contributed by atoms with Gasteiger partial charge in [-0.3, -0.25) is 4.79 Å². The molecule has 0 bridgehead atoms. The van der Waals surface area contributed by atoms with Gasteiger partial charge in [0.1, 0.15) is 5.75 Å². The number of benzene rings is 2. The molecule has 1 aliphatic rings. The zero-order valence-corrected chi connectivity index (χ0v) is 13.0. The maximum absolute atomic E-state index is 12.5. The van der Waals surface area contributed by atoms with Crippen LogP contribution in [0.15, 0.2) is 40.9 Å². The lowest BCUT2D eigenvalue weighted by Gasteiger charge is -2.13. The molecule has 1 atom stereocenters. The summed E-state index contributed by atoms with van der Waals surface area (Å²) in [4.78, 5) is 12.5. The molecule has 0 radical (unpaired) electrons. The summed E-state index contributed by atoms with van der Waals surface area (Å²) in [7, 11) is 1.65. The molecular formula is C17H15BrO2. The van der Waals surface area contributed by atoms with Crippen molar-refractivity contribution < 1.29 is 9.53 Å². The Hall–Kier alpha value is -1.61. The van der Waals surface area contributed by atoms with Crippen LogP contribution in [0.4, 0.5) is 0 Å². The Morgan fingerprint density at radius 1 is 1.25 bits per heavy atom. The molecule has 0 saturated heterocycles. The van der Waals surface area contributed by atoms with Gasteiger partial charge in [-0.2, -0.15) is 0 Å². The van der Waals surface area contributed by atoms with Crippen LogP contribution in [0.1, 0.15) is 22.8 Å². The normalized spacial score (nSPS) is 17.1. The van der Waals surface area contributed by atoms with Crippen LogP contribution < -0.4 is 4.74 Å². The molecule has 0 heterocycles. The minimum absolute atomic E-state index is 0.0378. The highest BCUT2D eigenvalue weighted by atomic mass is 79.9. The van der Waals surface area contributed by atoms with Gasteiger partial charge in [-0.25, -0.2) is 0 Å². The van der Waals surface area contributed by atoms with Crippen molar-refractivity contribution in [2.75, 3.05) is 7.11 Å². The van der Waals surface area contributed by atoms with E-state index < -0.39 is 0 Å². The molecule has 1 aliphatic carbocycles. The number of fused-ring (bicyclic) bond motifs is 1.